The SMILES string of the molecule is Oc1c(Br)cc(CNCCOC2CCCCC2)cc1Br. The fourth-order valence-electron chi connectivity index (χ4n) is 2.48. The van der Waals surface area contributed by atoms with E-state index in [-0.39, 0.29) is 5.75 Å². The van der Waals surface area contributed by atoms with E-state index in [4.69, 9.17) is 4.74 Å². The highest BCUT2D eigenvalue weighted by Gasteiger charge is 2.13. The van der Waals surface area contributed by atoms with E-state index in [0.717, 1.165) is 25.3 Å². The van der Waals surface area contributed by atoms with Crippen molar-refractivity contribution in [2.75, 3.05) is 13.2 Å². The van der Waals surface area contributed by atoms with Crippen molar-refractivity contribution in [3.63, 3.8) is 0 Å². The molecule has 0 spiro atoms. The Labute approximate surface area is 137 Å². The predicted octanol–water partition coefficient (Wildman–Crippen LogP) is 4.36. The molecule has 3 nitrogen and oxygen atoms in total. The maximum absolute atomic E-state index is 9.65. The number of ether oxygens (including phenoxy) is 1. The summed E-state index contributed by atoms with van der Waals surface area (Å²) in [6.45, 7) is 2.39. The van der Waals surface area contributed by atoms with Crippen LogP contribution in [0.2, 0.25) is 0 Å². The topological polar surface area (TPSA) is 41.5 Å². The zero-order chi connectivity index (χ0) is 14.4. The lowest BCUT2D eigenvalue weighted by atomic mass is 9.98. The van der Waals surface area contributed by atoms with Crippen molar-refractivity contribution in [3.8, 4) is 5.75 Å². The van der Waals surface area contributed by atoms with E-state index < -0.39 is 0 Å². The van der Waals surface area contributed by atoms with Crippen LogP contribution in [0.15, 0.2) is 21.1 Å². The molecule has 0 amide bonds. The summed E-state index contributed by atoms with van der Waals surface area (Å²) in [7, 11) is 0. The number of aromatic hydroxyl groups is 1. The van der Waals surface area contributed by atoms with Crippen LogP contribution in [-0.2, 0) is 11.3 Å². The van der Waals surface area contributed by atoms with Gasteiger partial charge in [0, 0.05) is 13.1 Å². The minimum Gasteiger partial charge on any atom is -0.506 e. The third-order valence-electron chi connectivity index (χ3n) is 3.59. The van der Waals surface area contributed by atoms with Crippen molar-refractivity contribution < 1.29 is 9.84 Å². The molecule has 2 rings (SSSR count). The molecule has 0 aliphatic heterocycles. The number of phenols is 1. The molecule has 0 heterocycles. The zero-order valence-electron chi connectivity index (χ0n) is 11.5. The molecule has 1 aromatic rings. The van der Waals surface area contributed by atoms with Gasteiger partial charge in [-0.25, -0.2) is 0 Å². The van der Waals surface area contributed by atoms with Gasteiger partial charge in [-0.15, -0.1) is 0 Å². The number of benzene rings is 1. The van der Waals surface area contributed by atoms with Gasteiger partial charge in [0.05, 0.1) is 21.7 Å². The number of nitrogens with one attached hydrogen (secondary N) is 1. The van der Waals surface area contributed by atoms with Crippen molar-refractivity contribution in [3.05, 3.63) is 26.6 Å². The maximum Gasteiger partial charge on any atom is 0.143 e. The van der Waals surface area contributed by atoms with Crippen molar-refractivity contribution in [2.24, 2.45) is 0 Å². The molecule has 2 N–H and O–H groups in total. The second-order valence-electron chi connectivity index (χ2n) is 5.22. The third kappa shape index (κ3) is 5.02. The monoisotopic (exact) mass is 405 g/mol. The van der Waals surface area contributed by atoms with Gasteiger partial charge in [-0.2, -0.15) is 0 Å². The number of rotatable bonds is 6. The Morgan fingerprint density at radius 2 is 1.80 bits per heavy atom. The van der Waals surface area contributed by atoms with E-state index in [0.29, 0.717) is 15.0 Å². The molecule has 1 aliphatic carbocycles. The lowest BCUT2D eigenvalue weighted by molar-refractivity contribution is 0.0302. The number of phenolic OH excluding ortho intramolecular Hbond substituents is 1. The Balaban J connectivity index is 1.65. The normalized spacial score (nSPS) is 16.5. The van der Waals surface area contributed by atoms with Crippen molar-refractivity contribution in [2.45, 2.75) is 44.8 Å². The van der Waals surface area contributed by atoms with Crippen LogP contribution in [0.4, 0.5) is 0 Å². The summed E-state index contributed by atoms with van der Waals surface area (Å²) >= 11 is 6.68. The van der Waals surface area contributed by atoms with E-state index in [1.54, 1.807) is 0 Å². The molecule has 1 aliphatic rings. The largest absolute Gasteiger partial charge is 0.506 e. The number of halogens is 2. The van der Waals surface area contributed by atoms with E-state index in [1.807, 2.05) is 12.1 Å². The first-order valence-corrected chi connectivity index (χ1v) is 8.74. The Kier molecular flexibility index (Phi) is 6.81. The van der Waals surface area contributed by atoms with E-state index in [9.17, 15) is 5.11 Å². The van der Waals surface area contributed by atoms with Crippen molar-refractivity contribution in [1.82, 2.24) is 5.32 Å². The minimum atomic E-state index is 0.245. The van der Waals surface area contributed by atoms with Crippen LogP contribution < -0.4 is 5.32 Å². The van der Waals surface area contributed by atoms with Crippen LogP contribution in [0, 0.1) is 0 Å². The Morgan fingerprint density at radius 1 is 1.15 bits per heavy atom. The minimum absolute atomic E-state index is 0.245. The highest BCUT2D eigenvalue weighted by atomic mass is 79.9. The molecular weight excluding hydrogens is 386 g/mol. The predicted molar refractivity (Wildman–Crippen MR) is 88.0 cm³/mol. The summed E-state index contributed by atoms with van der Waals surface area (Å²) in [6.07, 6.45) is 6.90. The smallest absolute Gasteiger partial charge is 0.143 e. The Hall–Kier alpha value is -0.100. The third-order valence-corrected chi connectivity index (χ3v) is 4.80. The molecule has 0 unspecified atom stereocenters. The number of hydrogen-bond acceptors (Lipinski definition) is 3. The summed E-state index contributed by atoms with van der Waals surface area (Å²) < 4.78 is 7.29. The standard InChI is InChI=1S/C15H21Br2NO2/c16-13-8-11(9-14(17)15(13)19)10-18-6-7-20-12-4-2-1-3-5-12/h8-9,12,18-19H,1-7,10H2. The summed E-state index contributed by atoms with van der Waals surface area (Å²) in [4.78, 5) is 0. The first-order valence-electron chi connectivity index (χ1n) is 7.16. The molecule has 0 bridgehead atoms. The highest BCUT2D eigenvalue weighted by molar-refractivity contribution is 9.11. The molecule has 1 aromatic carbocycles. The molecule has 0 saturated heterocycles. The molecular formula is C15H21Br2NO2. The molecule has 20 heavy (non-hydrogen) atoms. The second kappa shape index (κ2) is 8.37. The average Bonchev–Trinajstić information content (AvgIpc) is 2.45. The zero-order valence-corrected chi connectivity index (χ0v) is 14.7. The van der Waals surface area contributed by atoms with Gasteiger partial charge < -0.3 is 15.2 Å². The lowest BCUT2D eigenvalue weighted by Gasteiger charge is -2.22. The van der Waals surface area contributed by atoms with Gasteiger partial charge >= 0.3 is 0 Å². The van der Waals surface area contributed by atoms with Crippen molar-refractivity contribution in [1.29, 1.82) is 0 Å². The summed E-state index contributed by atoms with van der Waals surface area (Å²) in [5, 5.41) is 13.0. The summed E-state index contributed by atoms with van der Waals surface area (Å²) in [6, 6.07) is 3.85. The van der Waals surface area contributed by atoms with E-state index in [1.165, 1.54) is 32.1 Å². The highest BCUT2D eigenvalue weighted by Crippen LogP contribution is 2.33. The van der Waals surface area contributed by atoms with Crippen LogP contribution in [-0.4, -0.2) is 24.4 Å². The molecule has 0 aromatic heterocycles. The van der Waals surface area contributed by atoms with Gasteiger partial charge in [-0.05, 0) is 62.4 Å². The molecule has 0 atom stereocenters. The Bertz CT molecular complexity index is 411. The van der Waals surface area contributed by atoms with Gasteiger partial charge in [0.2, 0.25) is 0 Å². The van der Waals surface area contributed by atoms with Gasteiger partial charge in [-0.3, -0.25) is 0 Å². The van der Waals surface area contributed by atoms with Crippen LogP contribution in [0.5, 0.6) is 5.75 Å². The summed E-state index contributed by atoms with van der Waals surface area (Å²) in [5.74, 6) is 0.245. The lowest BCUT2D eigenvalue weighted by Crippen LogP contribution is -2.24. The molecule has 1 saturated carbocycles. The van der Waals surface area contributed by atoms with E-state index in [2.05, 4.69) is 37.2 Å². The van der Waals surface area contributed by atoms with Crippen LogP contribution >= 0.6 is 31.9 Å². The molecule has 0 radical (unpaired) electrons. The van der Waals surface area contributed by atoms with Crippen molar-refractivity contribution >= 4 is 31.9 Å². The fraction of sp³-hybridized carbons (Fsp3) is 0.600. The van der Waals surface area contributed by atoms with Crippen LogP contribution in [0.3, 0.4) is 0 Å². The van der Waals surface area contributed by atoms with Gasteiger partial charge in [-0.1, -0.05) is 19.3 Å². The fourth-order valence-corrected chi connectivity index (χ4v) is 3.76. The van der Waals surface area contributed by atoms with E-state index >= 15 is 0 Å². The summed E-state index contributed by atoms with van der Waals surface area (Å²) in [5.41, 5.74) is 1.12. The quantitative estimate of drug-likeness (QED) is 0.689. The Morgan fingerprint density at radius 3 is 2.45 bits per heavy atom. The van der Waals surface area contributed by atoms with Crippen LogP contribution in [0.25, 0.3) is 0 Å². The first-order chi connectivity index (χ1) is 9.66. The maximum atomic E-state index is 9.65. The molecule has 112 valence electrons. The average molecular weight is 407 g/mol. The van der Waals surface area contributed by atoms with Gasteiger partial charge in [0.15, 0.2) is 0 Å². The second-order valence-corrected chi connectivity index (χ2v) is 6.92. The first kappa shape index (κ1) is 16.3. The molecule has 1 fully saturated rings. The van der Waals surface area contributed by atoms with Gasteiger partial charge in [0.25, 0.3) is 0 Å². The van der Waals surface area contributed by atoms with Crippen LogP contribution in [0.1, 0.15) is 37.7 Å². The number of hydrogen-bond donors (Lipinski definition) is 2. The van der Waals surface area contributed by atoms with Gasteiger partial charge in [0.1, 0.15) is 5.75 Å². The molecule has 5 heteroatoms.